The number of imidazole rings is 1. The van der Waals surface area contributed by atoms with Crippen molar-refractivity contribution in [3.63, 3.8) is 0 Å². The zero-order valence-electron chi connectivity index (χ0n) is 18.0. The Morgan fingerprint density at radius 2 is 1.97 bits per heavy atom. The van der Waals surface area contributed by atoms with E-state index in [-0.39, 0.29) is 22.8 Å². The van der Waals surface area contributed by atoms with E-state index in [2.05, 4.69) is 16.0 Å². The Kier molecular flexibility index (Phi) is 6.55. The Hall–Kier alpha value is -3.86. The van der Waals surface area contributed by atoms with Crippen LogP contribution in [0.4, 0.5) is 5.69 Å². The fourth-order valence-electron chi connectivity index (χ4n) is 3.16. The molecule has 0 fully saturated rings. The molecule has 0 amide bonds. The standard InChI is InChI=1S/C23H24N4O4/c1-5-7-31-22-20(27(28)29)11-16(12-21(22)30-6-2)10-17(13-24)23-25-18-8-14(3)15(4)9-19(18)26-23/h8-12H,5-7H2,1-4H3,(H,25,26)/b17-10-. The highest BCUT2D eigenvalue weighted by Gasteiger charge is 2.22. The van der Waals surface area contributed by atoms with Crippen molar-refractivity contribution in [1.29, 1.82) is 5.26 Å². The molecule has 0 aliphatic carbocycles. The minimum absolute atomic E-state index is 0.0963. The van der Waals surface area contributed by atoms with Gasteiger partial charge in [0.05, 0.1) is 34.7 Å². The first-order chi connectivity index (χ1) is 14.9. The highest BCUT2D eigenvalue weighted by Crippen LogP contribution is 2.39. The van der Waals surface area contributed by atoms with Crippen molar-refractivity contribution in [2.24, 2.45) is 0 Å². The zero-order chi connectivity index (χ0) is 22.5. The van der Waals surface area contributed by atoms with Gasteiger partial charge in [-0.3, -0.25) is 10.1 Å². The highest BCUT2D eigenvalue weighted by molar-refractivity contribution is 5.91. The topological polar surface area (TPSA) is 114 Å². The number of ether oxygens (including phenoxy) is 2. The number of nitro groups is 1. The van der Waals surface area contributed by atoms with Crippen LogP contribution in [-0.4, -0.2) is 28.1 Å². The van der Waals surface area contributed by atoms with Crippen LogP contribution < -0.4 is 9.47 Å². The number of fused-ring (bicyclic) bond motifs is 1. The number of nitriles is 1. The summed E-state index contributed by atoms with van der Waals surface area (Å²) in [5, 5.41) is 21.4. The molecular formula is C23H24N4O4. The number of allylic oxidation sites excluding steroid dienone is 1. The molecule has 1 aromatic heterocycles. The molecule has 0 bridgehead atoms. The molecule has 8 nitrogen and oxygen atoms in total. The maximum atomic E-state index is 11.7. The summed E-state index contributed by atoms with van der Waals surface area (Å²) in [6, 6.07) is 9.08. The number of nitrogens with one attached hydrogen (secondary N) is 1. The lowest BCUT2D eigenvalue weighted by molar-refractivity contribution is -0.386. The quantitative estimate of drug-likeness (QED) is 0.299. The second-order valence-electron chi connectivity index (χ2n) is 7.11. The summed E-state index contributed by atoms with van der Waals surface area (Å²) >= 11 is 0. The van der Waals surface area contributed by atoms with E-state index < -0.39 is 4.92 Å². The smallest absolute Gasteiger partial charge is 0.315 e. The Bertz CT molecular complexity index is 1170. The van der Waals surface area contributed by atoms with Gasteiger partial charge in [0.15, 0.2) is 5.75 Å². The molecule has 0 radical (unpaired) electrons. The van der Waals surface area contributed by atoms with Crippen LogP contribution in [-0.2, 0) is 0 Å². The molecule has 31 heavy (non-hydrogen) atoms. The summed E-state index contributed by atoms with van der Waals surface area (Å²) in [5.74, 6) is 0.762. The minimum Gasteiger partial charge on any atom is -0.490 e. The lowest BCUT2D eigenvalue weighted by Gasteiger charge is -2.12. The molecule has 8 heteroatoms. The maximum Gasteiger partial charge on any atom is 0.315 e. The average Bonchev–Trinajstić information content (AvgIpc) is 3.13. The number of rotatable bonds is 8. The summed E-state index contributed by atoms with van der Waals surface area (Å²) in [5.41, 5.74) is 4.29. The summed E-state index contributed by atoms with van der Waals surface area (Å²) in [6.45, 7) is 8.36. The van der Waals surface area contributed by atoms with Gasteiger partial charge in [0.25, 0.3) is 0 Å². The monoisotopic (exact) mass is 420 g/mol. The maximum absolute atomic E-state index is 11.7. The number of H-pyrrole nitrogens is 1. The molecule has 0 atom stereocenters. The Morgan fingerprint density at radius 3 is 2.61 bits per heavy atom. The number of aromatic nitrogens is 2. The van der Waals surface area contributed by atoms with Gasteiger partial charge in [-0.05, 0) is 68.2 Å². The van der Waals surface area contributed by atoms with Gasteiger partial charge in [-0.2, -0.15) is 5.26 Å². The van der Waals surface area contributed by atoms with Crippen LogP contribution >= 0.6 is 0 Å². The number of hydrogen-bond acceptors (Lipinski definition) is 6. The number of nitrogens with zero attached hydrogens (tertiary/aromatic N) is 3. The van der Waals surface area contributed by atoms with Gasteiger partial charge in [0, 0.05) is 6.07 Å². The SMILES string of the molecule is CCCOc1c(OCC)cc(/C=C(/C#N)c2nc3cc(C)c(C)cc3[nH]2)cc1[N+](=O)[O-]. The Balaban J connectivity index is 2.11. The molecular weight excluding hydrogens is 396 g/mol. The fraction of sp³-hybridized carbons (Fsp3) is 0.304. The van der Waals surface area contributed by atoms with Crippen LogP contribution in [0.25, 0.3) is 22.7 Å². The van der Waals surface area contributed by atoms with E-state index in [0.717, 1.165) is 22.2 Å². The molecule has 3 rings (SSSR count). The molecule has 0 aliphatic heterocycles. The van der Waals surface area contributed by atoms with Crippen LogP contribution in [0.3, 0.4) is 0 Å². The molecule has 1 N–H and O–H groups in total. The number of aryl methyl sites for hydroxylation is 2. The fourth-order valence-corrected chi connectivity index (χ4v) is 3.16. The van der Waals surface area contributed by atoms with E-state index in [4.69, 9.17) is 9.47 Å². The first-order valence-corrected chi connectivity index (χ1v) is 10.0. The molecule has 0 saturated carbocycles. The van der Waals surface area contributed by atoms with Gasteiger partial charge < -0.3 is 14.5 Å². The van der Waals surface area contributed by atoms with E-state index in [9.17, 15) is 15.4 Å². The second kappa shape index (κ2) is 9.30. The first-order valence-electron chi connectivity index (χ1n) is 10.0. The summed E-state index contributed by atoms with van der Waals surface area (Å²) in [7, 11) is 0. The van der Waals surface area contributed by atoms with E-state index >= 15 is 0 Å². The Labute approximate surface area is 180 Å². The predicted octanol–water partition coefficient (Wildman–Crippen LogP) is 5.34. The van der Waals surface area contributed by atoms with Crippen molar-refractivity contribution in [3.8, 4) is 17.6 Å². The van der Waals surface area contributed by atoms with E-state index in [1.54, 1.807) is 19.1 Å². The summed E-state index contributed by atoms with van der Waals surface area (Å²) in [4.78, 5) is 18.8. The van der Waals surface area contributed by atoms with Crippen molar-refractivity contribution in [2.75, 3.05) is 13.2 Å². The number of aromatic amines is 1. The number of benzene rings is 2. The minimum atomic E-state index is -0.510. The average molecular weight is 420 g/mol. The molecule has 3 aromatic rings. The lowest BCUT2D eigenvalue weighted by atomic mass is 10.1. The van der Waals surface area contributed by atoms with E-state index in [0.29, 0.717) is 31.0 Å². The predicted molar refractivity (Wildman–Crippen MR) is 119 cm³/mol. The van der Waals surface area contributed by atoms with E-state index in [1.165, 1.54) is 6.07 Å². The second-order valence-corrected chi connectivity index (χ2v) is 7.11. The van der Waals surface area contributed by atoms with Crippen LogP contribution in [0.5, 0.6) is 11.5 Å². The highest BCUT2D eigenvalue weighted by atomic mass is 16.6. The third-order valence-electron chi connectivity index (χ3n) is 4.79. The van der Waals surface area contributed by atoms with Gasteiger partial charge in [-0.1, -0.05) is 6.92 Å². The van der Waals surface area contributed by atoms with Crippen LogP contribution in [0.1, 0.15) is 42.8 Å². The van der Waals surface area contributed by atoms with Gasteiger partial charge in [-0.25, -0.2) is 4.98 Å². The number of hydrogen-bond donors (Lipinski definition) is 1. The van der Waals surface area contributed by atoms with Gasteiger partial charge in [0.2, 0.25) is 5.75 Å². The van der Waals surface area contributed by atoms with Crippen molar-refractivity contribution < 1.29 is 14.4 Å². The lowest BCUT2D eigenvalue weighted by Crippen LogP contribution is -2.04. The van der Waals surface area contributed by atoms with Crippen molar-refractivity contribution in [1.82, 2.24) is 9.97 Å². The van der Waals surface area contributed by atoms with Crippen molar-refractivity contribution in [3.05, 3.63) is 56.9 Å². The van der Waals surface area contributed by atoms with Crippen LogP contribution in [0.2, 0.25) is 0 Å². The number of nitro benzene ring substituents is 1. The molecule has 0 aliphatic rings. The van der Waals surface area contributed by atoms with Gasteiger partial charge >= 0.3 is 5.69 Å². The van der Waals surface area contributed by atoms with Crippen molar-refractivity contribution in [2.45, 2.75) is 34.1 Å². The van der Waals surface area contributed by atoms with Crippen molar-refractivity contribution >= 4 is 28.4 Å². The third-order valence-corrected chi connectivity index (χ3v) is 4.79. The largest absolute Gasteiger partial charge is 0.490 e. The normalized spacial score (nSPS) is 11.4. The van der Waals surface area contributed by atoms with Crippen LogP contribution in [0.15, 0.2) is 24.3 Å². The van der Waals surface area contributed by atoms with Gasteiger partial charge in [-0.15, -0.1) is 0 Å². The first kappa shape index (κ1) is 21.8. The zero-order valence-corrected chi connectivity index (χ0v) is 18.0. The molecule has 0 spiro atoms. The molecule has 0 saturated heterocycles. The molecule has 0 unspecified atom stereocenters. The van der Waals surface area contributed by atoms with E-state index in [1.807, 2.05) is 32.9 Å². The molecule has 1 heterocycles. The third kappa shape index (κ3) is 4.67. The van der Waals surface area contributed by atoms with Crippen LogP contribution in [0, 0.1) is 35.3 Å². The Morgan fingerprint density at radius 1 is 1.23 bits per heavy atom. The molecule has 160 valence electrons. The van der Waals surface area contributed by atoms with Gasteiger partial charge in [0.1, 0.15) is 11.9 Å². The summed E-state index contributed by atoms with van der Waals surface area (Å²) in [6.07, 6.45) is 2.25. The summed E-state index contributed by atoms with van der Waals surface area (Å²) < 4.78 is 11.2. The molecule has 2 aromatic carbocycles.